The Labute approximate surface area is 188 Å². The molecule has 0 saturated heterocycles. The van der Waals surface area contributed by atoms with Crippen LogP contribution in [0.2, 0.25) is 0 Å². The van der Waals surface area contributed by atoms with E-state index in [1.54, 1.807) is 31.4 Å². The molecule has 0 spiro atoms. The third-order valence-corrected chi connectivity index (χ3v) is 7.48. The van der Waals surface area contributed by atoms with E-state index in [-0.39, 0.29) is 17.3 Å². The highest BCUT2D eigenvalue weighted by Gasteiger charge is 2.28. The molecule has 3 aromatic rings. The van der Waals surface area contributed by atoms with Crippen LogP contribution in [0.5, 0.6) is 5.75 Å². The summed E-state index contributed by atoms with van der Waals surface area (Å²) in [4.78, 5) is 13.0. The summed E-state index contributed by atoms with van der Waals surface area (Å²) in [7, 11) is -2.08. The lowest BCUT2D eigenvalue weighted by molar-refractivity contribution is 0.102. The minimum Gasteiger partial charge on any atom is -0.497 e. The zero-order chi connectivity index (χ0) is 22.9. The van der Waals surface area contributed by atoms with Gasteiger partial charge in [-0.3, -0.25) is 4.79 Å². The molecule has 0 aromatic heterocycles. The first kappa shape index (κ1) is 22.0. The van der Waals surface area contributed by atoms with Crippen LogP contribution in [-0.2, 0) is 23.0 Å². The maximum Gasteiger partial charge on any atom is 0.255 e. The molecule has 1 heterocycles. The summed E-state index contributed by atoms with van der Waals surface area (Å²) in [5.74, 6) is 0.424. The van der Waals surface area contributed by atoms with Crippen molar-refractivity contribution in [2.75, 3.05) is 19.0 Å². The van der Waals surface area contributed by atoms with Crippen LogP contribution in [0.1, 0.15) is 32.6 Å². The number of anilines is 1. The van der Waals surface area contributed by atoms with E-state index < -0.39 is 10.0 Å². The van der Waals surface area contributed by atoms with Crippen molar-refractivity contribution in [3.05, 3.63) is 88.5 Å². The molecular weight excluding hydrogens is 424 g/mol. The van der Waals surface area contributed by atoms with Gasteiger partial charge in [-0.05, 0) is 79.9 Å². The van der Waals surface area contributed by atoms with Gasteiger partial charge in [0.2, 0.25) is 10.0 Å². The van der Waals surface area contributed by atoms with Crippen molar-refractivity contribution < 1.29 is 17.9 Å². The zero-order valence-corrected chi connectivity index (χ0v) is 19.2. The Kier molecular flexibility index (Phi) is 6.04. The largest absolute Gasteiger partial charge is 0.497 e. The van der Waals surface area contributed by atoms with Crippen LogP contribution in [0.15, 0.2) is 65.6 Å². The van der Waals surface area contributed by atoms with Crippen molar-refractivity contribution in [1.82, 2.24) is 4.31 Å². The van der Waals surface area contributed by atoms with Gasteiger partial charge in [0.1, 0.15) is 5.75 Å². The molecule has 3 aromatic carbocycles. The molecule has 0 saturated carbocycles. The third kappa shape index (κ3) is 4.54. The number of fused-ring (bicyclic) bond motifs is 1. The zero-order valence-electron chi connectivity index (χ0n) is 18.4. The number of carbonyl (C=O) groups is 1. The van der Waals surface area contributed by atoms with Crippen LogP contribution in [0, 0.1) is 13.8 Å². The molecule has 1 aliphatic heterocycles. The fraction of sp³-hybridized carbons (Fsp3) is 0.240. The lowest BCUT2D eigenvalue weighted by Gasteiger charge is -2.28. The second kappa shape index (κ2) is 8.76. The molecule has 1 amide bonds. The number of sulfonamides is 1. The van der Waals surface area contributed by atoms with Crippen LogP contribution < -0.4 is 10.1 Å². The number of benzene rings is 3. The highest BCUT2D eigenvalue weighted by atomic mass is 32.2. The first-order chi connectivity index (χ1) is 15.3. The maximum atomic E-state index is 13.1. The van der Waals surface area contributed by atoms with Gasteiger partial charge in [0.05, 0.1) is 12.0 Å². The predicted octanol–water partition coefficient (Wildman–Crippen LogP) is 4.31. The molecule has 0 atom stereocenters. The standard InChI is InChI=1S/C25H26N2O4S/c1-17-12-18(2)14-20(13-17)25(28)26-22-5-4-19-10-11-27(16-21(19)15-22)32(29,30)24-8-6-23(31-3)7-9-24/h4-9,12-15H,10-11,16H2,1-3H3,(H,26,28). The Morgan fingerprint density at radius 3 is 2.28 bits per heavy atom. The van der Waals surface area contributed by atoms with Gasteiger partial charge >= 0.3 is 0 Å². The number of aryl methyl sites for hydroxylation is 2. The molecule has 1 aliphatic rings. The number of carbonyl (C=O) groups excluding carboxylic acids is 1. The summed E-state index contributed by atoms with van der Waals surface area (Å²) >= 11 is 0. The number of methoxy groups -OCH3 is 1. The van der Waals surface area contributed by atoms with Crippen molar-refractivity contribution in [3.8, 4) is 5.75 Å². The van der Waals surface area contributed by atoms with Gasteiger partial charge in [-0.1, -0.05) is 23.3 Å². The van der Waals surface area contributed by atoms with E-state index in [2.05, 4.69) is 5.32 Å². The average molecular weight is 451 g/mol. The van der Waals surface area contributed by atoms with Gasteiger partial charge < -0.3 is 10.1 Å². The number of rotatable bonds is 5. The lowest BCUT2D eigenvalue weighted by Crippen LogP contribution is -2.36. The number of nitrogens with one attached hydrogen (secondary N) is 1. The van der Waals surface area contributed by atoms with Gasteiger partial charge in [-0.25, -0.2) is 8.42 Å². The van der Waals surface area contributed by atoms with Crippen molar-refractivity contribution in [3.63, 3.8) is 0 Å². The molecule has 4 rings (SSSR count). The fourth-order valence-electron chi connectivity index (χ4n) is 4.02. The number of hydrogen-bond acceptors (Lipinski definition) is 4. The molecule has 7 heteroatoms. The van der Waals surface area contributed by atoms with Crippen molar-refractivity contribution in [1.29, 1.82) is 0 Å². The smallest absolute Gasteiger partial charge is 0.255 e. The summed E-state index contributed by atoms with van der Waals surface area (Å²) in [6.07, 6.45) is 0.621. The topological polar surface area (TPSA) is 75.7 Å². The molecule has 0 radical (unpaired) electrons. The first-order valence-corrected chi connectivity index (χ1v) is 11.9. The van der Waals surface area contributed by atoms with E-state index in [9.17, 15) is 13.2 Å². The van der Waals surface area contributed by atoms with Crippen molar-refractivity contribution in [2.45, 2.75) is 31.7 Å². The monoisotopic (exact) mass is 450 g/mol. The summed E-state index contributed by atoms with van der Waals surface area (Å²) < 4.78 is 32.8. The van der Waals surface area contributed by atoms with Gasteiger partial charge in [0.15, 0.2) is 0 Å². The molecule has 1 N–H and O–H groups in total. The van der Waals surface area contributed by atoms with E-state index >= 15 is 0 Å². The highest BCUT2D eigenvalue weighted by molar-refractivity contribution is 7.89. The second-order valence-corrected chi connectivity index (χ2v) is 10.0. The summed E-state index contributed by atoms with van der Waals surface area (Å²) in [5.41, 5.74) is 5.29. The van der Waals surface area contributed by atoms with E-state index in [1.807, 2.05) is 50.2 Å². The van der Waals surface area contributed by atoms with Crippen LogP contribution in [0.3, 0.4) is 0 Å². The second-order valence-electron chi connectivity index (χ2n) is 8.08. The van der Waals surface area contributed by atoms with Crippen LogP contribution in [0.4, 0.5) is 5.69 Å². The quantitative estimate of drug-likeness (QED) is 0.628. The minimum atomic E-state index is -3.63. The molecule has 0 aliphatic carbocycles. The summed E-state index contributed by atoms with van der Waals surface area (Å²) in [5, 5.41) is 2.94. The molecule has 0 bridgehead atoms. The molecule has 166 valence electrons. The van der Waals surface area contributed by atoms with Crippen molar-refractivity contribution >= 4 is 21.6 Å². The third-order valence-electron chi connectivity index (χ3n) is 5.62. The van der Waals surface area contributed by atoms with Gasteiger partial charge in [-0.15, -0.1) is 0 Å². The van der Waals surface area contributed by atoms with Gasteiger partial charge in [0.25, 0.3) is 5.91 Å². The van der Waals surface area contributed by atoms with Gasteiger partial charge in [0, 0.05) is 24.3 Å². The summed E-state index contributed by atoms with van der Waals surface area (Å²) in [6.45, 7) is 4.59. The number of hydrogen-bond donors (Lipinski definition) is 1. The molecular formula is C25H26N2O4S. The maximum absolute atomic E-state index is 13.1. The molecule has 0 fully saturated rings. The van der Waals surface area contributed by atoms with E-state index in [0.29, 0.717) is 30.0 Å². The molecule has 0 unspecified atom stereocenters. The fourth-order valence-corrected chi connectivity index (χ4v) is 5.44. The van der Waals surface area contributed by atoms with E-state index in [0.717, 1.165) is 22.3 Å². The Morgan fingerprint density at radius 2 is 1.62 bits per heavy atom. The van der Waals surface area contributed by atoms with Crippen LogP contribution in [-0.4, -0.2) is 32.3 Å². The van der Waals surface area contributed by atoms with Crippen LogP contribution in [0.25, 0.3) is 0 Å². The number of ether oxygens (including phenoxy) is 1. The Morgan fingerprint density at radius 1 is 0.938 bits per heavy atom. The lowest BCUT2D eigenvalue weighted by atomic mass is 10.0. The Balaban J connectivity index is 1.54. The number of nitrogens with zero attached hydrogens (tertiary/aromatic N) is 1. The Hall–Kier alpha value is -3.16. The van der Waals surface area contributed by atoms with E-state index in [4.69, 9.17) is 4.74 Å². The normalized spacial score (nSPS) is 14.0. The highest BCUT2D eigenvalue weighted by Crippen LogP contribution is 2.28. The van der Waals surface area contributed by atoms with Gasteiger partial charge in [-0.2, -0.15) is 4.31 Å². The van der Waals surface area contributed by atoms with Crippen molar-refractivity contribution in [2.24, 2.45) is 0 Å². The minimum absolute atomic E-state index is 0.185. The molecule has 6 nitrogen and oxygen atoms in total. The van der Waals surface area contributed by atoms with Crippen LogP contribution >= 0.6 is 0 Å². The first-order valence-electron chi connectivity index (χ1n) is 10.4. The number of amides is 1. The summed E-state index contributed by atoms with van der Waals surface area (Å²) in [6, 6.07) is 17.8. The molecule has 32 heavy (non-hydrogen) atoms. The Bertz CT molecular complexity index is 1250. The van der Waals surface area contributed by atoms with E-state index in [1.165, 1.54) is 4.31 Å². The predicted molar refractivity (Wildman–Crippen MR) is 125 cm³/mol. The SMILES string of the molecule is COc1ccc(S(=O)(=O)N2CCc3ccc(NC(=O)c4cc(C)cc(C)c4)cc3C2)cc1. The average Bonchev–Trinajstić information content (AvgIpc) is 2.78.